The number of hydrogen-bond donors (Lipinski definition) is 1. The Balaban J connectivity index is 1.52. The topological polar surface area (TPSA) is 69.7 Å². The highest BCUT2D eigenvalue weighted by Gasteiger charge is 2.38. The minimum atomic E-state index is -0.293. The van der Waals surface area contributed by atoms with Crippen molar-refractivity contribution in [2.75, 3.05) is 24.5 Å². The lowest BCUT2D eigenvalue weighted by molar-refractivity contribution is -0.139. The van der Waals surface area contributed by atoms with Gasteiger partial charge in [-0.05, 0) is 44.7 Å². The maximum Gasteiger partial charge on any atom is 0.228 e. The monoisotopic (exact) mass is 399 g/mol. The number of amides is 3. The predicted molar refractivity (Wildman–Crippen MR) is 113 cm³/mol. The summed E-state index contributed by atoms with van der Waals surface area (Å²) in [6, 6.07) is 8.07. The van der Waals surface area contributed by atoms with E-state index in [4.69, 9.17) is 0 Å². The summed E-state index contributed by atoms with van der Waals surface area (Å²) in [5, 5.41) is 3.13. The molecule has 1 aromatic carbocycles. The van der Waals surface area contributed by atoms with Crippen molar-refractivity contribution in [2.45, 2.75) is 58.9 Å². The minimum Gasteiger partial charge on any atom is -0.353 e. The number of carbonyl (C=O) groups is 3. The van der Waals surface area contributed by atoms with Gasteiger partial charge < -0.3 is 15.1 Å². The molecular weight excluding hydrogens is 366 g/mol. The summed E-state index contributed by atoms with van der Waals surface area (Å²) >= 11 is 0. The number of likely N-dealkylation sites (tertiary alicyclic amines) is 1. The van der Waals surface area contributed by atoms with Crippen LogP contribution >= 0.6 is 0 Å². The van der Waals surface area contributed by atoms with E-state index in [1.165, 1.54) is 0 Å². The molecule has 29 heavy (non-hydrogen) atoms. The van der Waals surface area contributed by atoms with E-state index in [9.17, 15) is 14.4 Å². The molecule has 2 aliphatic rings. The fraction of sp³-hybridized carbons (Fsp3) is 0.609. The van der Waals surface area contributed by atoms with Crippen LogP contribution in [0.5, 0.6) is 0 Å². The molecule has 3 amide bonds. The molecule has 6 heteroatoms. The van der Waals surface area contributed by atoms with Gasteiger partial charge in [-0.25, -0.2) is 0 Å². The third-order valence-corrected chi connectivity index (χ3v) is 6.33. The van der Waals surface area contributed by atoms with Gasteiger partial charge in [0.15, 0.2) is 0 Å². The van der Waals surface area contributed by atoms with Crippen molar-refractivity contribution in [3.63, 3.8) is 0 Å². The lowest BCUT2D eigenvalue weighted by Gasteiger charge is -2.33. The SMILES string of the molecule is CCC(CC)NC(=O)C1CCN(C(=O)[C@H]2CC(=O)N(c3ccc(C)cc3)C2)CC1. The van der Waals surface area contributed by atoms with Gasteiger partial charge in [0.25, 0.3) is 0 Å². The lowest BCUT2D eigenvalue weighted by Crippen LogP contribution is -2.46. The van der Waals surface area contributed by atoms with Crippen LogP contribution in [0, 0.1) is 18.8 Å². The van der Waals surface area contributed by atoms with Crippen molar-refractivity contribution < 1.29 is 14.4 Å². The van der Waals surface area contributed by atoms with E-state index in [0.717, 1.165) is 24.1 Å². The Labute approximate surface area is 173 Å². The number of piperidine rings is 1. The Hall–Kier alpha value is -2.37. The molecule has 0 bridgehead atoms. The van der Waals surface area contributed by atoms with E-state index in [2.05, 4.69) is 19.2 Å². The molecule has 2 saturated heterocycles. The van der Waals surface area contributed by atoms with Crippen molar-refractivity contribution in [3.8, 4) is 0 Å². The van der Waals surface area contributed by atoms with Crippen molar-refractivity contribution in [1.82, 2.24) is 10.2 Å². The summed E-state index contributed by atoms with van der Waals surface area (Å²) < 4.78 is 0. The average molecular weight is 400 g/mol. The van der Waals surface area contributed by atoms with E-state index in [1.807, 2.05) is 36.1 Å². The fourth-order valence-corrected chi connectivity index (χ4v) is 4.28. The second-order valence-electron chi connectivity index (χ2n) is 8.36. The Morgan fingerprint density at radius 2 is 1.69 bits per heavy atom. The number of nitrogens with one attached hydrogen (secondary N) is 1. The Kier molecular flexibility index (Phi) is 6.93. The van der Waals surface area contributed by atoms with Gasteiger partial charge in [0.1, 0.15) is 0 Å². The standard InChI is InChI=1S/C23H33N3O3/c1-4-19(5-2)24-22(28)17-10-12-25(13-11-17)23(29)18-14-21(27)26(15-18)20-8-6-16(3)7-9-20/h6-9,17-19H,4-5,10-15H2,1-3H3,(H,24,28)/t18-/m0/s1. The Morgan fingerprint density at radius 1 is 1.07 bits per heavy atom. The fourth-order valence-electron chi connectivity index (χ4n) is 4.28. The van der Waals surface area contributed by atoms with E-state index >= 15 is 0 Å². The second-order valence-corrected chi connectivity index (χ2v) is 8.36. The zero-order valence-electron chi connectivity index (χ0n) is 17.8. The first-order chi connectivity index (χ1) is 13.9. The highest BCUT2D eigenvalue weighted by Crippen LogP contribution is 2.28. The minimum absolute atomic E-state index is 0.00615. The first-order valence-electron chi connectivity index (χ1n) is 10.9. The van der Waals surface area contributed by atoms with E-state index in [1.54, 1.807) is 4.90 Å². The number of hydrogen-bond acceptors (Lipinski definition) is 3. The normalized spacial score (nSPS) is 20.4. The summed E-state index contributed by atoms with van der Waals surface area (Å²) in [5.74, 6) is -0.140. The third-order valence-electron chi connectivity index (χ3n) is 6.33. The molecule has 1 N–H and O–H groups in total. The quantitative estimate of drug-likeness (QED) is 0.800. The van der Waals surface area contributed by atoms with Gasteiger partial charge in [0.05, 0.1) is 5.92 Å². The number of aryl methyl sites for hydroxylation is 1. The van der Waals surface area contributed by atoms with E-state index in [-0.39, 0.29) is 42.0 Å². The lowest BCUT2D eigenvalue weighted by atomic mass is 9.94. The van der Waals surface area contributed by atoms with Gasteiger partial charge in [-0.1, -0.05) is 31.5 Å². The van der Waals surface area contributed by atoms with Gasteiger partial charge in [0.2, 0.25) is 17.7 Å². The molecule has 1 atom stereocenters. The second kappa shape index (κ2) is 9.42. The number of carbonyl (C=O) groups excluding carboxylic acids is 3. The van der Waals surface area contributed by atoms with Crippen LogP contribution in [0.15, 0.2) is 24.3 Å². The molecule has 0 saturated carbocycles. The highest BCUT2D eigenvalue weighted by atomic mass is 16.2. The predicted octanol–water partition coefficient (Wildman–Crippen LogP) is 2.89. The van der Waals surface area contributed by atoms with Gasteiger partial charge >= 0.3 is 0 Å². The Bertz CT molecular complexity index is 734. The molecule has 2 heterocycles. The molecule has 6 nitrogen and oxygen atoms in total. The molecule has 0 aromatic heterocycles. The van der Waals surface area contributed by atoms with Crippen LogP contribution in [0.3, 0.4) is 0 Å². The van der Waals surface area contributed by atoms with Crippen LogP contribution in [0.1, 0.15) is 51.5 Å². The van der Waals surface area contributed by atoms with E-state index < -0.39 is 0 Å². The molecule has 158 valence electrons. The molecule has 2 fully saturated rings. The van der Waals surface area contributed by atoms with Crippen molar-refractivity contribution in [3.05, 3.63) is 29.8 Å². The largest absolute Gasteiger partial charge is 0.353 e. The third kappa shape index (κ3) is 4.98. The van der Waals surface area contributed by atoms with Crippen LogP contribution in [0.4, 0.5) is 5.69 Å². The molecule has 2 aliphatic heterocycles. The van der Waals surface area contributed by atoms with Crippen LogP contribution < -0.4 is 10.2 Å². The van der Waals surface area contributed by atoms with Gasteiger partial charge in [-0.15, -0.1) is 0 Å². The van der Waals surface area contributed by atoms with Gasteiger partial charge in [-0.3, -0.25) is 14.4 Å². The number of anilines is 1. The molecular formula is C23H33N3O3. The van der Waals surface area contributed by atoms with Crippen LogP contribution in [0.25, 0.3) is 0 Å². The summed E-state index contributed by atoms with van der Waals surface area (Å²) in [6.07, 6.45) is 3.53. The van der Waals surface area contributed by atoms with Crippen molar-refractivity contribution in [2.24, 2.45) is 11.8 Å². The summed E-state index contributed by atoms with van der Waals surface area (Å²) in [7, 11) is 0. The van der Waals surface area contributed by atoms with Crippen molar-refractivity contribution >= 4 is 23.4 Å². The van der Waals surface area contributed by atoms with Crippen molar-refractivity contribution in [1.29, 1.82) is 0 Å². The molecule has 3 rings (SSSR count). The van der Waals surface area contributed by atoms with Gasteiger partial charge in [-0.2, -0.15) is 0 Å². The summed E-state index contributed by atoms with van der Waals surface area (Å²) in [4.78, 5) is 41.5. The van der Waals surface area contributed by atoms with Crippen LogP contribution in [0.2, 0.25) is 0 Å². The van der Waals surface area contributed by atoms with E-state index in [0.29, 0.717) is 32.5 Å². The molecule has 1 aromatic rings. The smallest absolute Gasteiger partial charge is 0.228 e. The summed E-state index contributed by atoms with van der Waals surface area (Å²) in [6.45, 7) is 7.80. The van der Waals surface area contributed by atoms with Crippen LogP contribution in [-0.2, 0) is 14.4 Å². The first-order valence-corrected chi connectivity index (χ1v) is 10.9. The highest BCUT2D eigenvalue weighted by molar-refractivity contribution is 6.00. The Morgan fingerprint density at radius 3 is 2.28 bits per heavy atom. The zero-order chi connectivity index (χ0) is 21.0. The maximum atomic E-state index is 13.0. The average Bonchev–Trinajstić information content (AvgIpc) is 3.13. The van der Waals surface area contributed by atoms with Gasteiger partial charge in [0, 0.05) is 43.7 Å². The number of benzene rings is 1. The molecule has 0 radical (unpaired) electrons. The van der Waals surface area contributed by atoms with Crippen LogP contribution in [-0.4, -0.2) is 48.3 Å². The number of rotatable bonds is 6. The molecule has 0 aliphatic carbocycles. The molecule has 0 unspecified atom stereocenters. The zero-order valence-corrected chi connectivity index (χ0v) is 17.8. The maximum absolute atomic E-state index is 13.0. The number of nitrogens with zero attached hydrogens (tertiary/aromatic N) is 2. The molecule has 0 spiro atoms. The summed E-state index contributed by atoms with van der Waals surface area (Å²) in [5.41, 5.74) is 2.00. The first kappa shape index (κ1) is 21.3.